The summed E-state index contributed by atoms with van der Waals surface area (Å²) >= 11 is 0. The number of benzene rings is 2. The molecule has 0 saturated heterocycles. The molecular formula is C41H27N7. The highest BCUT2D eigenvalue weighted by molar-refractivity contribution is 5.84. The predicted molar refractivity (Wildman–Crippen MR) is 189 cm³/mol. The largest absolute Gasteiger partial charge is 0.265 e. The molecule has 7 nitrogen and oxygen atoms in total. The van der Waals surface area contributed by atoms with E-state index in [2.05, 4.69) is 67.4 Å². The third kappa shape index (κ3) is 6.08. The fourth-order valence-electron chi connectivity index (χ4n) is 5.76. The first kappa shape index (κ1) is 28.7. The zero-order valence-electron chi connectivity index (χ0n) is 25.7. The van der Waals surface area contributed by atoms with Crippen molar-refractivity contribution in [3.63, 3.8) is 0 Å². The molecule has 6 heterocycles. The molecule has 0 aliphatic heterocycles. The SMILES string of the molecule is c1cncc(-c2nc(-c3cc(-c4ccncc4)cc(-c4ccncc4)c3)cc(-c3cc(-c4ccncc4)cc(-c4ccncc4)c3)n2)c1. The number of pyridine rings is 5. The van der Waals surface area contributed by atoms with Gasteiger partial charge in [-0.25, -0.2) is 9.97 Å². The van der Waals surface area contributed by atoms with Crippen LogP contribution < -0.4 is 0 Å². The van der Waals surface area contributed by atoms with Crippen LogP contribution in [0.25, 0.3) is 78.4 Å². The number of nitrogens with zero attached hydrogens (tertiary/aromatic N) is 7. The van der Waals surface area contributed by atoms with E-state index >= 15 is 0 Å². The van der Waals surface area contributed by atoms with Gasteiger partial charge in [0.05, 0.1) is 11.4 Å². The van der Waals surface area contributed by atoms with Gasteiger partial charge in [0.2, 0.25) is 0 Å². The standard InChI is InChI=1S/C41H27N7/c1-2-32(27-46-11-1)41-47-39(37-22-33(28-3-12-42-13-4-28)20-34(23-37)29-5-14-43-15-6-29)26-40(48-41)38-24-35(30-7-16-44-17-8-30)21-36(25-38)31-9-18-45-19-10-31/h1-27H. The molecule has 0 aliphatic rings. The molecular weight excluding hydrogens is 591 g/mol. The Hall–Kier alpha value is -6.73. The van der Waals surface area contributed by atoms with Crippen molar-refractivity contribution in [3.05, 3.63) is 165 Å². The van der Waals surface area contributed by atoms with Crippen LogP contribution in [0.4, 0.5) is 0 Å². The van der Waals surface area contributed by atoms with Gasteiger partial charge < -0.3 is 0 Å². The third-order valence-electron chi connectivity index (χ3n) is 8.16. The van der Waals surface area contributed by atoms with Crippen molar-refractivity contribution in [2.75, 3.05) is 0 Å². The number of aromatic nitrogens is 7. The molecule has 2 aromatic carbocycles. The summed E-state index contributed by atoms with van der Waals surface area (Å²) in [6.07, 6.45) is 18.1. The van der Waals surface area contributed by atoms with Gasteiger partial charge in [0, 0.05) is 78.7 Å². The summed E-state index contributed by atoms with van der Waals surface area (Å²) in [5.41, 5.74) is 12.9. The molecule has 7 heteroatoms. The highest BCUT2D eigenvalue weighted by Crippen LogP contribution is 2.36. The molecule has 0 amide bonds. The fourth-order valence-corrected chi connectivity index (χ4v) is 5.76. The lowest BCUT2D eigenvalue weighted by atomic mass is 9.94. The lowest BCUT2D eigenvalue weighted by molar-refractivity contribution is 1.17. The maximum Gasteiger partial charge on any atom is 0.161 e. The Morgan fingerprint density at radius 2 is 0.625 bits per heavy atom. The molecule has 0 bridgehead atoms. The zero-order valence-corrected chi connectivity index (χ0v) is 25.7. The molecule has 8 rings (SSSR count). The quantitative estimate of drug-likeness (QED) is 0.176. The summed E-state index contributed by atoms with van der Waals surface area (Å²) in [6.45, 7) is 0. The number of hydrogen-bond acceptors (Lipinski definition) is 7. The van der Waals surface area contributed by atoms with Gasteiger partial charge in [0.1, 0.15) is 0 Å². The van der Waals surface area contributed by atoms with Gasteiger partial charge >= 0.3 is 0 Å². The van der Waals surface area contributed by atoms with Crippen molar-refractivity contribution in [1.29, 1.82) is 0 Å². The lowest BCUT2D eigenvalue weighted by Gasteiger charge is -2.14. The first-order valence-electron chi connectivity index (χ1n) is 15.5. The first-order valence-corrected chi connectivity index (χ1v) is 15.5. The molecule has 0 fully saturated rings. The Morgan fingerprint density at radius 3 is 0.958 bits per heavy atom. The van der Waals surface area contributed by atoms with E-state index in [1.165, 1.54) is 0 Å². The molecule has 0 aliphatic carbocycles. The van der Waals surface area contributed by atoms with Crippen molar-refractivity contribution in [1.82, 2.24) is 34.9 Å². The molecule has 0 N–H and O–H groups in total. The molecule has 6 aromatic heterocycles. The first-order chi connectivity index (χ1) is 23.8. The number of rotatable bonds is 7. The van der Waals surface area contributed by atoms with Crippen LogP contribution in [0.2, 0.25) is 0 Å². The van der Waals surface area contributed by atoms with Gasteiger partial charge in [-0.2, -0.15) is 0 Å². The van der Waals surface area contributed by atoms with Gasteiger partial charge in [-0.1, -0.05) is 0 Å². The average molecular weight is 618 g/mol. The van der Waals surface area contributed by atoms with Crippen LogP contribution in [0.15, 0.2) is 165 Å². The van der Waals surface area contributed by atoms with Gasteiger partial charge in [0.15, 0.2) is 5.82 Å². The van der Waals surface area contributed by atoms with Crippen molar-refractivity contribution >= 4 is 0 Å². The molecule has 0 atom stereocenters. The van der Waals surface area contributed by atoms with E-state index in [4.69, 9.17) is 9.97 Å². The molecule has 226 valence electrons. The molecule has 48 heavy (non-hydrogen) atoms. The van der Waals surface area contributed by atoms with Crippen molar-refractivity contribution in [2.45, 2.75) is 0 Å². The maximum atomic E-state index is 5.14. The zero-order chi connectivity index (χ0) is 32.1. The van der Waals surface area contributed by atoms with Crippen LogP contribution in [0.3, 0.4) is 0 Å². The Morgan fingerprint density at radius 1 is 0.271 bits per heavy atom. The second-order valence-corrected chi connectivity index (χ2v) is 11.2. The molecule has 0 radical (unpaired) electrons. The van der Waals surface area contributed by atoms with Crippen LogP contribution >= 0.6 is 0 Å². The van der Waals surface area contributed by atoms with Crippen LogP contribution in [0, 0.1) is 0 Å². The second kappa shape index (κ2) is 12.9. The smallest absolute Gasteiger partial charge is 0.161 e. The van der Waals surface area contributed by atoms with Crippen LogP contribution in [0.1, 0.15) is 0 Å². The van der Waals surface area contributed by atoms with Crippen LogP contribution in [-0.2, 0) is 0 Å². The summed E-state index contributed by atoms with van der Waals surface area (Å²) in [6, 6.07) is 35.2. The van der Waals surface area contributed by atoms with Gasteiger partial charge in [-0.3, -0.25) is 24.9 Å². The number of hydrogen-bond donors (Lipinski definition) is 0. The van der Waals surface area contributed by atoms with Crippen LogP contribution in [-0.4, -0.2) is 34.9 Å². The molecule has 8 aromatic rings. The molecule has 0 saturated carbocycles. The Kier molecular flexibility index (Phi) is 7.74. The van der Waals surface area contributed by atoms with E-state index < -0.39 is 0 Å². The second-order valence-electron chi connectivity index (χ2n) is 11.2. The minimum Gasteiger partial charge on any atom is -0.265 e. The van der Waals surface area contributed by atoms with E-state index in [1.807, 2.05) is 110 Å². The molecule has 0 spiro atoms. The van der Waals surface area contributed by atoms with Gasteiger partial charge in [-0.05, 0) is 148 Å². The van der Waals surface area contributed by atoms with E-state index in [-0.39, 0.29) is 0 Å². The Balaban J connectivity index is 1.36. The summed E-state index contributed by atoms with van der Waals surface area (Å²) in [5.74, 6) is 0.593. The monoisotopic (exact) mass is 617 g/mol. The highest BCUT2D eigenvalue weighted by atomic mass is 14.9. The average Bonchev–Trinajstić information content (AvgIpc) is 3.19. The van der Waals surface area contributed by atoms with E-state index in [0.717, 1.165) is 72.6 Å². The summed E-state index contributed by atoms with van der Waals surface area (Å²) < 4.78 is 0. The Labute approximate surface area is 277 Å². The topological polar surface area (TPSA) is 90.2 Å². The van der Waals surface area contributed by atoms with E-state index in [9.17, 15) is 0 Å². The minimum absolute atomic E-state index is 0.593. The van der Waals surface area contributed by atoms with E-state index in [1.54, 1.807) is 12.4 Å². The highest BCUT2D eigenvalue weighted by Gasteiger charge is 2.15. The van der Waals surface area contributed by atoms with Crippen molar-refractivity contribution in [3.8, 4) is 78.4 Å². The maximum absolute atomic E-state index is 5.14. The lowest BCUT2D eigenvalue weighted by Crippen LogP contribution is -1.97. The van der Waals surface area contributed by atoms with E-state index in [0.29, 0.717) is 5.82 Å². The van der Waals surface area contributed by atoms with Crippen LogP contribution in [0.5, 0.6) is 0 Å². The summed E-state index contributed by atoms with van der Waals surface area (Å²) in [7, 11) is 0. The summed E-state index contributed by atoms with van der Waals surface area (Å²) in [4.78, 5) is 31.6. The minimum atomic E-state index is 0.593. The predicted octanol–water partition coefficient (Wildman–Crippen LogP) is 9.12. The van der Waals surface area contributed by atoms with Gasteiger partial charge in [0.25, 0.3) is 0 Å². The normalized spacial score (nSPS) is 10.9. The van der Waals surface area contributed by atoms with Crippen molar-refractivity contribution < 1.29 is 0 Å². The van der Waals surface area contributed by atoms with Gasteiger partial charge in [-0.15, -0.1) is 0 Å². The Bertz CT molecular complexity index is 2060. The van der Waals surface area contributed by atoms with Crippen molar-refractivity contribution in [2.24, 2.45) is 0 Å². The fraction of sp³-hybridized carbons (Fsp3) is 0. The molecule has 0 unspecified atom stereocenters. The summed E-state index contributed by atoms with van der Waals surface area (Å²) in [5, 5.41) is 0. The third-order valence-corrected chi connectivity index (χ3v) is 8.16.